The van der Waals surface area contributed by atoms with Crippen molar-refractivity contribution in [2.24, 2.45) is 5.41 Å². The fourth-order valence-corrected chi connectivity index (χ4v) is 2.91. The smallest absolute Gasteiger partial charge is 0.230 e. The summed E-state index contributed by atoms with van der Waals surface area (Å²) in [5.41, 5.74) is 0.583. The SMILES string of the molecule is CCC1(C(=O)Nc2ccc(F)cc2C#CCO)CCCC1. The first-order valence-electron chi connectivity index (χ1n) is 7.32. The van der Waals surface area contributed by atoms with Gasteiger partial charge >= 0.3 is 0 Å². The number of benzene rings is 1. The highest BCUT2D eigenvalue weighted by molar-refractivity contribution is 5.96. The third kappa shape index (κ3) is 3.43. The van der Waals surface area contributed by atoms with Crippen LogP contribution in [0, 0.1) is 23.1 Å². The molecule has 1 aromatic carbocycles. The van der Waals surface area contributed by atoms with E-state index in [2.05, 4.69) is 17.2 Å². The highest BCUT2D eigenvalue weighted by atomic mass is 19.1. The Kier molecular flexibility index (Phi) is 4.98. The summed E-state index contributed by atoms with van der Waals surface area (Å²) >= 11 is 0. The molecule has 0 radical (unpaired) electrons. The van der Waals surface area contributed by atoms with Crippen LogP contribution in [0.15, 0.2) is 18.2 Å². The monoisotopic (exact) mass is 289 g/mol. The summed E-state index contributed by atoms with van der Waals surface area (Å²) in [6, 6.07) is 4.09. The van der Waals surface area contributed by atoms with Gasteiger partial charge < -0.3 is 10.4 Å². The maximum Gasteiger partial charge on any atom is 0.230 e. The van der Waals surface area contributed by atoms with Gasteiger partial charge in [0, 0.05) is 5.41 Å². The van der Waals surface area contributed by atoms with Gasteiger partial charge in [-0.05, 0) is 37.5 Å². The second-order valence-corrected chi connectivity index (χ2v) is 5.44. The van der Waals surface area contributed by atoms with Gasteiger partial charge in [0.2, 0.25) is 5.91 Å². The van der Waals surface area contributed by atoms with Gasteiger partial charge in [0.15, 0.2) is 0 Å². The normalized spacial score (nSPS) is 16.1. The highest BCUT2D eigenvalue weighted by Crippen LogP contribution is 2.42. The molecule has 1 saturated carbocycles. The van der Waals surface area contributed by atoms with E-state index >= 15 is 0 Å². The number of hydrogen-bond donors (Lipinski definition) is 2. The predicted molar refractivity (Wildman–Crippen MR) is 80.2 cm³/mol. The van der Waals surface area contributed by atoms with Crippen LogP contribution in [0.4, 0.5) is 10.1 Å². The minimum absolute atomic E-state index is 0.0128. The molecule has 0 bridgehead atoms. The molecule has 0 heterocycles. The molecule has 0 aromatic heterocycles. The topological polar surface area (TPSA) is 49.3 Å². The van der Waals surface area contributed by atoms with Gasteiger partial charge in [-0.1, -0.05) is 31.6 Å². The summed E-state index contributed by atoms with van der Waals surface area (Å²) in [6.45, 7) is 1.73. The summed E-state index contributed by atoms with van der Waals surface area (Å²) in [6.07, 6.45) is 4.74. The Morgan fingerprint density at radius 3 is 2.76 bits per heavy atom. The lowest BCUT2D eigenvalue weighted by atomic mass is 9.82. The van der Waals surface area contributed by atoms with Gasteiger partial charge in [0.25, 0.3) is 0 Å². The molecule has 0 saturated heterocycles. The summed E-state index contributed by atoms with van der Waals surface area (Å²) in [5.74, 6) is 4.73. The van der Waals surface area contributed by atoms with Crippen molar-refractivity contribution < 1.29 is 14.3 Å². The van der Waals surface area contributed by atoms with Crippen molar-refractivity contribution in [2.75, 3.05) is 11.9 Å². The Hall–Kier alpha value is -1.86. The molecular formula is C17H20FNO2. The number of halogens is 1. The molecule has 0 spiro atoms. The second kappa shape index (κ2) is 6.73. The summed E-state index contributed by atoms with van der Waals surface area (Å²) in [7, 11) is 0. The Labute approximate surface area is 124 Å². The molecule has 0 atom stereocenters. The van der Waals surface area contributed by atoms with Gasteiger partial charge in [-0.2, -0.15) is 0 Å². The molecule has 0 aliphatic heterocycles. The van der Waals surface area contributed by atoms with Gasteiger partial charge in [0.05, 0.1) is 11.3 Å². The Bertz CT molecular complexity index is 580. The maximum atomic E-state index is 13.3. The fraction of sp³-hybridized carbons (Fsp3) is 0.471. The number of nitrogens with one attached hydrogen (secondary N) is 1. The molecule has 3 nitrogen and oxygen atoms in total. The lowest BCUT2D eigenvalue weighted by Crippen LogP contribution is -2.33. The third-order valence-corrected chi connectivity index (χ3v) is 4.25. The zero-order chi connectivity index (χ0) is 15.3. The number of aliphatic hydroxyl groups excluding tert-OH is 1. The Morgan fingerprint density at radius 1 is 1.43 bits per heavy atom. The van der Waals surface area contributed by atoms with Crippen molar-refractivity contribution in [2.45, 2.75) is 39.0 Å². The molecule has 2 N–H and O–H groups in total. The van der Waals surface area contributed by atoms with Crippen LogP contribution in [0.25, 0.3) is 0 Å². The van der Waals surface area contributed by atoms with Crippen molar-refractivity contribution in [1.29, 1.82) is 0 Å². The number of amides is 1. The number of carbonyl (C=O) groups is 1. The summed E-state index contributed by atoms with van der Waals surface area (Å²) < 4.78 is 13.3. The highest BCUT2D eigenvalue weighted by Gasteiger charge is 2.39. The lowest BCUT2D eigenvalue weighted by molar-refractivity contribution is -0.125. The molecule has 2 rings (SSSR count). The largest absolute Gasteiger partial charge is 0.384 e. The van der Waals surface area contributed by atoms with Crippen LogP contribution in [-0.4, -0.2) is 17.6 Å². The zero-order valence-corrected chi connectivity index (χ0v) is 12.2. The third-order valence-electron chi connectivity index (χ3n) is 4.25. The van der Waals surface area contributed by atoms with E-state index in [4.69, 9.17) is 5.11 Å². The Balaban J connectivity index is 2.24. The van der Waals surface area contributed by atoms with Crippen LogP contribution in [0.2, 0.25) is 0 Å². The van der Waals surface area contributed by atoms with E-state index in [1.807, 2.05) is 6.92 Å². The molecule has 4 heteroatoms. The van der Waals surface area contributed by atoms with Crippen molar-refractivity contribution in [1.82, 2.24) is 0 Å². The molecule has 21 heavy (non-hydrogen) atoms. The van der Waals surface area contributed by atoms with E-state index in [0.717, 1.165) is 32.1 Å². The minimum atomic E-state index is -0.415. The zero-order valence-electron chi connectivity index (χ0n) is 12.2. The van der Waals surface area contributed by atoms with E-state index in [-0.39, 0.29) is 17.9 Å². The van der Waals surface area contributed by atoms with Crippen LogP contribution in [0.3, 0.4) is 0 Å². The molecule has 1 aliphatic carbocycles. The number of rotatable bonds is 3. The van der Waals surface area contributed by atoms with Crippen LogP contribution >= 0.6 is 0 Å². The molecule has 1 fully saturated rings. The van der Waals surface area contributed by atoms with E-state index < -0.39 is 5.82 Å². The van der Waals surface area contributed by atoms with E-state index in [1.165, 1.54) is 18.2 Å². The molecule has 112 valence electrons. The van der Waals surface area contributed by atoms with Gasteiger partial charge in [-0.25, -0.2) is 4.39 Å². The van der Waals surface area contributed by atoms with E-state index in [1.54, 1.807) is 0 Å². The van der Waals surface area contributed by atoms with Crippen LogP contribution in [0.5, 0.6) is 0 Å². The number of hydrogen-bond acceptors (Lipinski definition) is 2. The summed E-state index contributed by atoms with van der Waals surface area (Å²) in [5, 5.41) is 11.7. The minimum Gasteiger partial charge on any atom is -0.384 e. The van der Waals surface area contributed by atoms with Crippen molar-refractivity contribution in [3.63, 3.8) is 0 Å². The van der Waals surface area contributed by atoms with Crippen LogP contribution in [0.1, 0.15) is 44.6 Å². The molecule has 1 amide bonds. The van der Waals surface area contributed by atoms with E-state index in [0.29, 0.717) is 11.3 Å². The van der Waals surface area contributed by atoms with Crippen molar-refractivity contribution >= 4 is 11.6 Å². The molecular weight excluding hydrogens is 269 g/mol. The maximum absolute atomic E-state index is 13.3. The quantitative estimate of drug-likeness (QED) is 0.840. The predicted octanol–water partition coefficient (Wildman–Crippen LogP) is 3.08. The Morgan fingerprint density at radius 2 is 2.14 bits per heavy atom. The summed E-state index contributed by atoms with van der Waals surface area (Å²) in [4.78, 5) is 12.6. The van der Waals surface area contributed by atoms with Crippen LogP contribution < -0.4 is 5.32 Å². The lowest BCUT2D eigenvalue weighted by Gasteiger charge is -2.26. The molecule has 1 aromatic rings. The first kappa shape index (κ1) is 15.5. The average Bonchev–Trinajstić information content (AvgIpc) is 2.97. The first-order chi connectivity index (χ1) is 10.1. The standard InChI is InChI=1S/C17H20FNO2/c1-2-17(9-3-4-10-17)16(21)19-15-8-7-14(18)12-13(15)6-5-11-20/h7-8,12,20H,2-4,9-11H2,1H3,(H,19,21). The van der Waals surface area contributed by atoms with Crippen LogP contribution in [-0.2, 0) is 4.79 Å². The number of carbonyl (C=O) groups excluding carboxylic acids is 1. The fourth-order valence-electron chi connectivity index (χ4n) is 2.91. The van der Waals surface area contributed by atoms with Gasteiger partial charge in [0.1, 0.15) is 12.4 Å². The van der Waals surface area contributed by atoms with Gasteiger partial charge in [-0.15, -0.1) is 0 Å². The molecule has 0 unspecified atom stereocenters. The number of anilines is 1. The van der Waals surface area contributed by atoms with Crippen molar-refractivity contribution in [3.05, 3.63) is 29.6 Å². The van der Waals surface area contributed by atoms with Crippen molar-refractivity contribution in [3.8, 4) is 11.8 Å². The van der Waals surface area contributed by atoms with Gasteiger partial charge in [-0.3, -0.25) is 4.79 Å². The molecule has 1 aliphatic rings. The first-order valence-corrected chi connectivity index (χ1v) is 7.32. The van der Waals surface area contributed by atoms with E-state index in [9.17, 15) is 9.18 Å². The average molecular weight is 289 g/mol. The number of aliphatic hydroxyl groups is 1. The second-order valence-electron chi connectivity index (χ2n) is 5.44.